The number of azide groups is 1. The summed E-state index contributed by atoms with van der Waals surface area (Å²) in [6, 6.07) is 1.63. The van der Waals surface area contributed by atoms with Crippen molar-refractivity contribution in [1.29, 1.82) is 0 Å². The van der Waals surface area contributed by atoms with Gasteiger partial charge >= 0.3 is 23.5 Å². The van der Waals surface area contributed by atoms with E-state index in [9.17, 15) is 28.3 Å². The topological polar surface area (TPSA) is 304 Å². The summed E-state index contributed by atoms with van der Waals surface area (Å²) >= 11 is 1.13. The third kappa shape index (κ3) is 8.03. The number of fused-ring (bicyclic) bond motifs is 1. The quantitative estimate of drug-likeness (QED) is 0.0581. The molecular weight excluding hydrogens is 633 g/mol. The van der Waals surface area contributed by atoms with E-state index in [1.54, 1.807) is 11.4 Å². The predicted molar refractivity (Wildman–Crippen MR) is 138 cm³/mol. The van der Waals surface area contributed by atoms with Crippen LogP contribution in [0.4, 0.5) is 5.82 Å². The summed E-state index contributed by atoms with van der Waals surface area (Å²) in [4.78, 5) is 65.1. The average molecular weight is 654 g/mol. The Morgan fingerprint density at radius 1 is 1.22 bits per heavy atom. The van der Waals surface area contributed by atoms with Gasteiger partial charge in [0.05, 0.1) is 30.5 Å². The monoisotopic (exact) mass is 654 g/mol. The molecule has 0 bridgehead atoms. The lowest BCUT2D eigenvalue weighted by atomic mass is 9.93. The van der Waals surface area contributed by atoms with Crippen molar-refractivity contribution in [2.45, 2.75) is 31.7 Å². The maximum absolute atomic E-state index is 13.2. The molecule has 1 aliphatic rings. The minimum Gasteiger partial charge on any atom is -0.382 e. The van der Waals surface area contributed by atoms with E-state index >= 15 is 0 Å². The van der Waals surface area contributed by atoms with Crippen molar-refractivity contribution >= 4 is 57.6 Å². The molecule has 1 aliphatic heterocycles. The van der Waals surface area contributed by atoms with Gasteiger partial charge in [-0.1, -0.05) is 5.11 Å². The van der Waals surface area contributed by atoms with Crippen LogP contribution in [-0.2, 0) is 38.1 Å². The molecule has 4 rings (SSSR count). The van der Waals surface area contributed by atoms with Crippen molar-refractivity contribution in [3.8, 4) is 0 Å². The number of carbonyl (C=O) groups is 1. The molecule has 0 radical (unpaired) electrons. The largest absolute Gasteiger partial charge is 0.490 e. The lowest BCUT2D eigenvalue weighted by Gasteiger charge is -2.21. The number of hydrogen-bond acceptors (Lipinski definition) is 14. The molecule has 0 amide bonds. The van der Waals surface area contributed by atoms with Gasteiger partial charge in [0.2, 0.25) is 0 Å². The van der Waals surface area contributed by atoms with Gasteiger partial charge in [0.1, 0.15) is 18.1 Å². The van der Waals surface area contributed by atoms with Crippen LogP contribution in [0.25, 0.3) is 21.6 Å². The Balaban J connectivity index is 1.55. The lowest BCUT2D eigenvalue weighted by molar-refractivity contribution is -0.0287. The summed E-state index contributed by atoms with van der Waals surface area (Å²) in [6.07, 6.45) is 0.650. The third-order valence-electron chi connectivity index (χ3n) is 5.63. The van der Waals surface area contributed by atoms with Crippen molar-refractivity contribution in [3.63, 3.8) is 0 Å². The zero-order valence-corrected chi connectivity index (χ0v) is 23.9. The maximum Gasteiger partial charge on any atom is 0.490 e. The molecule has 1 saturated heterocycles. The molecular formula is C17H21N8O12P3S. The first-order valence-corrected chi connectivity index (χ1v) is 16.6. The number of phosphoric ester groups is 1. The number of rotatable bonds is 13. The van der Waals surface area contributed by atoms with Crippen LogP contribution in [0.5, 0.6) is 0 Å². The molecule has 0 aromatic carbocycles. The van der Waals surface area contributed by atoms with Crippen LogP contribution in [0.1, 0.15) is 34.3 Å². The number of phosphoric acid groups is 3. The molecule has 0 aliphatic carbocycles. The standard InChI is InChI=1S/C17H21N8O12P3S/c18-16-14-17(21-7-20-16)25(8-22-14)13-4-10(3-11(26)15-9(1-2-41-15)5-23-24-19)12(35-13)6-34-39(30,31)37-40(32,33)36-38(27,28)29/h1-2,7-8,10,12-13H,3-6H2,(H,30,31)(H,32,33)(H2,18,20,21)(H2,27,28,29)/t10?,12-,13-/m1/s1. The van der Waals surface area contributed by atoms with Crippen LogP contribution in [0, 0.1) is 5.92 Å². The summed E-state index contributed by atoms with van der Waals surface area (Å²) in [7, 11) is -16.8. The van der Waals surface area contributed by atoms with Crippen molar-refractivity contribution in [2.24, 2.45) is 11.0 Å². The number of anilines is 1. The van der Waals surface area contributed by atoms with Crippen molar-refractivity contribution in [1.82, 2.24) is 19.5 Å². The first-order valence-electron chi connectivity index (χ1n) is 11.2. The molecule has 3 unspecified atom stereocenters. The zero-order valence-electron chi connectivity index (χ0n) is 20.4. The summed E-state index contributed by atoms with van der Waals surface area (Å²) in [5, 5.41) is 5.13. The molecule has 5 atom stereocenters. The summed E-state index contributed by atoms with van der Waals surface area (Å²) in [5.41, 5.74) is 15.5. The first-order chi connectivity index (χ1) is 19.2. The number of imidazole rings is 1. The first kappa shape index (κ1) is 31.3. The lowest BCUT2D eigenvalue weighted by Crippen LogP contribution is -2.24. The highest BCUT2D eigenvalue weighted by Crippen LogP contribution is 2.66. The van der Waals surface area contributed by atoms with Gasteiger partial charge in [-0.15, -0.1) is 11.3 Å². The minimum atomic E-state index is -5.73. The highest BCUT2D eigenvalue weighted by Gasteiger charge is 2.44. The number of thiophene rings is 1. The van der Waals surface area contributed by atoms with Gasteiger partial charge in [0.15, 0.2) is 17.2 Å². The van der Waals surface area contributed by atoms with Gasteiger partial charge in [0, 0.05) is 11.3 Å². The van der Waals surface area contributed by atoms with Gasteiger partial charge in [-0.05, 0) is 34.9 Å². The van der Waals surface area contributed by atoms with E-state index < -0.39 is 48.3 Å². The van der Waals surface area contributed by atoms with E-state index in [1.807, 2.05) is 0 Å². The number of nitrogens with zero attached hydrogens (tertiary/aromatic N) is 7. The molecule has 3 aromatic heterocycles. The molecule has 1 fully saturated rings. The predicted octanol–water partition coefficient (Wildman–Crippen LogP) is 2.80. The Morgan fingerprint density at radius 2 is 1.98 bits per heavy atom. The van der Waals surface area contributed by atoms with E-state index in [-0.39, 0.29) is 36.5 Å². The fourth-order valence-electron chi connectivity index (χ4n) is 4.04. The van der Waals surface area contributed by atoms with E-state index in [0.717, 1.165) is 11.3 Å². The van der Waals surface area contributed by atoms with E-state index in [0.29, 0.717) is 16.1 Å². The SMILES string of the molecule is [N-]=[N+]=NCc1ccsc1C(=O)CC1C[C@H](n2cnc3c(N)ncnc32)O[C@@H]1COP(=O)(O)OP(=O)(O)OP(=O)(O)O. The summed E-state index contributed by atoms with van der Waals surface area (Å²) < 4.78 is 54.6. The maximum atomic E-state index is 13.2. The number of nitrogen functional groups attached to an aromatic ring is 1. The second-order valence-corrected chi connectivity index (χ2v) is 13.7. The molecule has 3 aromatic rings. The van der Waals surface area contributed by atoms with Crippen LogP contribution in [0.15, 0.2) is 29.2 Å². The smallest absolute Gasteiger partial charge is 0.382 e. The van der Waals surface area contributed by atoms with Crippen molar-refractivity contribution < 1.29 is 55.9 Å². The van der Waals surface area contributed by atoms with Crippen LogP contribution >= 0.6 is 34.8 Å². The fourth-order valence-corrected chi connectivity index (χ4v) is 7.94. The number of aromatic nitrogens is 4. The molecule has 0 spiro atoms. The number of ketones is 1. The molecule has 4 heterocycles. The number of carbonyl (C=O) groups excluding carboxylic acids is 1. The number of hydrogen-bond donors (Lipinski definition) is 5. The van der Waals surface area contributed by atoms with Gasteiger partial charge in [0.25, 0.3) is 0 Å². The Bertz CT molecular complexity index is 1640. The van der Waals surface area contributed by atoms with E-state index in [4.69, 9.17) is 30.3 Å². The molecule has 6 N–H and O–H groups in total. The zero-order chi connectivity index (χ0) is 30.0. The third-order valence-corrected chi connectivity index (χ3v) is 10.4. The van der Waals surface area contributed by atoms with Gasteiger partial charge in [-0.25, -0.2) is 28.6 Å². The Kier molecular flexibility index (Phi) is 9.42. The molecule has 0 saturated carbocycles. The Morgan fingerprint density at radius 3 is 2.68 bits per heavy atom. The van der Waals surface area contributed by atoms with E-state index in [1.165, 1.54) is 17.2 Å². The summed E-state index contributed by atoms with van der Waals surface area (Å²) in [6.45, 7) is -0.819. The average Bonchev–Trinajstić information content (AvgIpc) is 3.58. The van der Waals surface area contributed by atoms with Crippen LogP contribution < -0.4 is 5.73 Å². The Hall–Kier alpha value is -2.60. The number of nitrogens with two attached hydrogens (primary N) is 1. The van der Waals surface area contributed by atoms with E-state index in [2.05, 4.69) is 33.6 Å². The van der Waals surface area contributed by atoms with Crippen molar-refractivity contribution in [2.75, 3.05) is 12.3 Å². The number of Topliss-reactive ketones (excluding diaryl/α,β-unsaturated/α-hetero) is 1. The molecule has 20 nitrogen and oxygen atoms in total. The van der Waals surface area contributed by atoms with Gasteiger partial charge < -0.3 is 30.0 Å². The second kappa shape index (κ2) is 12.3. The normalized spacial score (nSPS) is 22.2. The van der Waals surface area contributed by atoms with Gasteiger partial charge in [-0.2, -0.15) is 8.62 Å². The minimum absolute atomic E-state index is 0.0531. The second-order valence-electron chi connectivity index (χ2n) is 8.39. The molecule has 222 valence electrons. The Labute approximate surface area is 233 Å². The van der Waals surface area contributed by atoms with Gasteiger partial charge in [-0.3, -0.25) is 13.9 Å². The fraction of sp³-hybridized carbons (Fsp3) is 0.412. The number of ether oxygens (including phenoxy) is 1. The van der Waals surface area contributed by atoms with Crippen LogP contribution in [0.3, 0.4) is 0 Å². The van der Waals surface area contributed by atoms with Crippen LogP contribution in [0.2, 0.25) is 0 Å². The highest BCUT2D eigenvalue weighted by atomic mass is 32.1. The summed E-state index contributed by atoms with van der Waals surface area (Å²) in [5.74, 6) is -0.915. The van der Waals surface area contributed by atoms with Crippen LogP contribution in [-0.4, -0.2) is 57.6 Å². The molecule has 24 heteroatoms. The highest BCUT2D eigenvalue weighted by molar-refractivity contribution is 7.66. The molecule has 41 heavy (non-hydrogen) atoms. The van der Waals surface area contributed by atoms with Crippen molar-refractivity contribution in [3.05, 3.63) is 45.0 Å².